The molecule has 0 aromatic rings. The Bertz CT molecular complexity index is 587. The molecule has 0 atom stereocenters. The second-order valence-corrected chi connectivity index (χ2v) is 7.78. The summed E-state index contributed by atoms with van der Waals surface area (Å²) in [5.41, 5.74) is 3.83. The van der Waals surface area contributed by atoms with Crippen LogP contribution < -0.4 is 0 Å². The molecule has 1 rings (SSSR count). The fraction of sp³-hybridized carbons (Fsp3) is 0.667. The summed E-state index contributed by atoms with van der Waals surface area (Å²) < 4.78 is 5.09. The topological polar surface area (TPSA) is 46.6 Å². The summed E-state index contributed by atoms with van der Waals surface area (Å²) in [4.78, 5) is 25.4. The van der Waals surface area contributed by atoms with E-state index >= 15 is 0 Å². The van der Waals surface area contributed by atoms with Crippen LogP contribution in [0.5, 0.6) is 0 Å². The normalized spacial score (nSPS) is 15.2. The Kier molecular flexibility index (Phi) is 12.3. The molecule has 28 heavy (non-hydrogen) atoms. The first-order chi connectivity index (χ1) is 13.4. The van der Waals surface area contributed by atoms with Gasteiger partial charge in [-0.15, -0.1) is 0 Å². The summed E-state index contributed by atoms with van der Waals surface area (Å²) in [5, 5.41) is 0. The highest BCUT2D eigenvalue weighted by molar-refractivity contribution is 5.75. The zero-order valence-corrected chi connectivity index (χ0v) is 18.4. The van der Waals surface area contributed by atoms with Gasteiger partial charge in [-0.05, 0) is 71.6 Å². The maximum absolute atomic E-state index is 12.0. The van der Waals surface area contributed by atoms with Crippen molar-refractivity contribution < 1.29 is 14.3 Å². The Morgan fingerprint density at radius 2 is 1.82 bits per heavy atom. The number of amides is 1. The first-order valence-corrected chi connectivity index (χ1v) is 10.9. The van der Waals surface area contributed by atoms with Crippen LogP contribution in [0.1, 0.15) is 91.9 Å². The lowest BCUT2D eigenvalue weighted by Crippen LogP contribution is -2.29. The molecular formula is C24H39NO3. The van der Waals surface area contributed by atoms with Crippen molar-refractivity contribution in [2.24, 2.45) is 0 Å². The van der Waals surface area contributed by atoms with Crippen LogP contribution in [0, 0.1) is 0 Å². The number of esters is 1. The summed E-state index contributed by atoms with van der Waals surface area (Å²) in [7, 11) is 0. The highest BCUT2D eigenvalue weighted by Crippen LogP contribution is 2.21. The molecule has 0 spiro atoms. The van der Waals surface area contributed by atoms with Crippen LogP contribution in [0.3, 0.4) is 0 Å². The van der Waals surface area contributed by atoms with Gasteiger partial charge in [0.1, 0.15) is 0 Å². The first kappa shape index (κ1) is 24.2. The number of hydrogen-bond acceptors (Lipinski definition) is 3. The van der Waals surface area contributed by atoms with E-state index in [0.717, 1.165) is 44.9 Å². The molecule has 0 aliphatic heterocycles. The smallest absolute Gasteiger partial charge is 0.305 e. The molecule has 0 saturated carbocycles. The molecule has 158 valence electrons. The third kappa shape index (κ3) is 10.5. The third-order valence-corrected chi connectivity index (χ3v) is 5.07. The lowest BCUT2D eigenvalue weighted by atomic mass is 10.0. The summed E-state index contributed by atoms with van der Waals surface area (Å²) in [5.74, 6) is 0.0435. The summed E-state index contributed by atoms with van der Waals surface area (Å²) in [6, 6.07) is 0. The minimum Gasteiger partial charge on any atom is -0.466 e. The maximum atomic E-state index is 12.0. The molecule has 0 saturated heterocycles. The molecule has 1 amide bonds. The van der Waals surface area contributed by atoms with Gasteiger partial charge in [0.05, 0.1) is 6.61 Å². The average molecular weight is 390 g/mol. The number of carbonyl (C=O) groups is 2. The van der Waals surface area contributed by atoms with Crippen molar-refractivity contribution in [2.45, 2.75) is 91.9 Å². The van der Waals surface area contributed by atoms with Gasteiger partial charge >= 0.3 is 5.97 Å². The van der Waals surface area contributed by atoms with Gasteiger partial charge in [-0.3, -0.25) is 9.59 Å². The minimum atomic E-state index is -0.0865. The number of carbonyl (C=O) groups excluding carboxylic acids is 2. The van der Waals surface area contributed by atoms with Crippen molar-refractivity contribution in [3.8, 4) is 0 Å². The van der Waals surface area contributed by atoms with E-state index in [1.807, 2.05) is 11.8 Å². The van der Waals surface area contributed by atoms with Gasteiger partial charge in [0.15, 0.2) is 0 Å². The standard InChI is InChI=1S/C24H39NO3/c1-5-19-28-24(27)16-10-13-20(2)11-9-12-21(3)17-18-25(22(4)26)23-14-7-6-8-15-23/h11,14,17H,5-10,12-13,15-16,18-19H2,1-4H3/b20-11+,21-17+. The number of hydrogen-bond donors (Lipinski definition) is 0. The molecule has 0 N–H and O–H groups in total. The fourth-order valence-electron chi connectivity index (χ4n) is 3.31. The lowest BCUT2D eigenvalue weighted by Gasteiger charge is -2.25. The van der Waals surface area contributed by atoms with Crippen LogP contribution in [0.15, 0.2) is 35.1 Å². The van der Waals surface area contributed by atoms with Crippen molar-refractivity contribution >= 4 is 11.9 Å². The predicted octanol–water partition coefficient (Wildman–Crippen LogP) is 6.09. The second kappa shape index (κ2) is 14.2. The van der Waals surface area contributed by atoms with E-state index in [-0.39, 0.29) is 11.9 Å². The van der Waals surface area contributed by atoms with Crippen molar-refractivity contribution in [1.29, 1.82) is 0 Å². The highest BCUT2D eigenvalue weighted by Gasteiger charge is 2.14. The molecule has 4 nitrogen and oxygen atoms in total. The van der Waals surface area contributed by atoms with Gasteiger partial charge < -0.3 is 9.64 Å². The van der Waals surface area contributed by atoms with Crippen LogP contribution in [0.25, 0.3) is 0 Å². The van der Waals surface area contributed by atoms with E-state index < -0.39 is 0 Å². The highest BCUT2D eigenvalue weighted by atomic mass is 16.5. The van der Waals surface area contributed by atoms with E-state index in [4.69, 9.17) is 4.74 Å². The van der Waals surface area contributed by atoms with E-state index in [1.165, 1.54) is 29.7 Å². The number of ether oxygens (including phenoxy) is 1. The van der Waals surface area contributed by atoms with Gasteiger partial charge in [0.25, 0.3) is 0 Å². The molecular weight excluding hydrogens is 350 g/mol. The second-order valence-electron chi connectivity index (χ2n) is 7.78. The van der Waals surface area contributed by atoms with Crippen molar-refractivity contribution in [1.82, 2.24) is 4.90 Å². The molecule has 0 bridgehead atoms. The van der Waals surface area contributed by atoms with Crippen LogP contribution >= 0.6 is 0 Å². The van der Waals surface area contributed by atoms with Crippen molar-refractivity contribution in [3.05, 3.63) is 35.1 Å². The summed E-state index contributed by atoms with van der Waals surface area (Å²) in [6.45, 7) is 9.13. The van der Waals surface area contributed by atoms with E-state index in [0.29, 0.717) is 19.6 Å². The predicted molar refractivity (Wildman–Crippen MR) is 116 cm³/mol. The monoisotopic (exact) mass is 389 g/mol. The zero-order valence-electron chi connectivity index (χ0n) is 18.4. The molecule has 0 aromatic heterocycles. The van der Waals surface area contributed by atoms with Gasteiger partial charge in [0.2, 0.25) is 5.91 Å². The summed E-state index contributed by atoms with van der Waals surface area (Å²) >= 11 is 0. The number of nitrogens with zero attached hydrogens (tertiary/aromatic N) is 1. The summed E-state index contributed by atoms with van der Waals surface area (Å²) in [6.07, 6.45) is 16.3. The molecule has 0 radical (unpaired) electrons. The Morgan fingerprint density at radius 3 is 2.46 bits per heavy atom. The molecule has 4 heteroatoms. The quantitative estimate of drug-likeness (QED) is 0.300. The van der Waals surface area contributed by atoms with E-state index in [1.54, 1.807) is 6.92 Å². The van der Waals surface area contributed by atoms with Crippen LogP contribution in [-0.4, -0.2) is 29.9 Å². The molecule has 1 aliphatic rings. The zero-order chi connectivity index (χ0) is 20.8. The van der Waals surface area contributed by atoms with Crippen LogP contribution in [0.2, 0.25) is 0 Å². The van der Waals surface area contributed by atoms with Gasteiger partial charge in [-0.1, -0.05) is 36.3 Å². The van der Waals surface area contributed by atoms with Gasteiger partial charge in [-0.25, -0.2) is 0 Å². The number of allylic oxidation sites excluding steroid dienone is 5. The first-order valence-electron chi connectivity index (χ1n) is 10.9. The minimum absolute atomic E-state index is 0.0865. The fourth-order valence-corrected chi connectivity index (χ4v) is 3.31. The Balaban J connectivity index is 2.34. The van der Waals surface area contributed by atoms with Crippen molar-refractivity contribution in [2.75, 3.05) is 13.2 Å². The third-order valence-electron chi connectivity index (χ3n) is 5.07. The van der Waals surface area contributed by atoms with Crippen molar-refractivity contribution in [3.63, 3.8) is 0 Å². The van der Waals surface area contributed by atoms with E-state index in [9.17, 15) is 9.59 Å². The average Bonchev–Trinajstić information content (AvgIpc) is 2.67. The SMILES string of the molecule is CCCOC(=O)CCC/C(C)=C/CC/C(C)=C/CN(C(C)=O)C1=CCCCC1. The Hall–Kier alpha value is -1.84. The Morgan fingerprint density at radius 1 is 1.07 bits per heavy atom. The Labute approximate surface area is 171 Å². The number of rotatable bonds is 12. The van der Waals surface area contributed by atoms with Crippen LogP contribution in [0.4, 0.5) is 0 Å². The lowest BCUT2D eigenvalue weighted by molar-refractivity contribution is -0.143. The van der Waals surface area contributed by atoms with E-state index in [2.05, 4.69) is 32.1 Å². The molecule has 1 aliphatic carbocycles. The molecule has 0 fully saturated rings. The maximum Gasteiger partial charge on any atom is 0.305 e. The largest absolute Gasteiger partial charge is 0.466 e. The van der Waals surface area contributed by atoms with Crippen LogP contribution in [-0.2, 0) is 14.3 Å². The van der Waals surface area contributed by atoms with Gasteiger partial charge in [-0.2, -0.15) is 0 Å². The molecule has 0 unspecified atom stereocenters. The molecule has 0 heterocycles. The molecule has 0 aromatic carbocycles. The van der Waals surface area contributed by atoms with Gasteiger partial charge in [0, 0.05) is 25.6 Å².